The van der Waals surface area contributed by atoms with Crippen LogP contribution in [0.5, 0.6) is 0 Å². The van der Waals surface area contributed by atoms with Crippen LogP contribution in [0.15, 0.2) is 23.4 Å². The zero-order valence-electron chi connectivity index (χ0n) is 17.4. The third-order valence-electron chi connectivity index (χ3n) is 5.74. The predicted molar refractivity (Wildman–Crippen MR) is 116 cm³/mol. The number of rotatable bonds is 6. The van der Waals surface area contributed by atoms with Gasteiger partial charge in [0.1, 0.15) is 0 Å². The molecule has 166 valence electrons. The highest BCUT2D eigenvalue weighted by Gasteiger charge is 2.30. The number of carbonyl (C=O) groups excluding carboxylic acids is 1. The molecule has 0 radical (unpaired) electrons. The number of carbonyl (C=O) groups is 1. The number of piperazine rings is 1. The summed E-state index contributed by atoms with van der Waals surface area (Å²) in [5.41, 5.74) is 1.10. The largest absolute Gasteiger partial charge is 0.381 e. The molecular formula is C20H26ClN7O3. The molecular weight excluding hydrogens is 422 g/mol. The van der Waals surface area contributed by atoms with Crippen molar-refractivity contribution in [2.45, 2.75) is 38.4 Å². The van der Waals surface area contributed by atoms with Gasteiger partial charge in [-0.1, -0.05) is 11.6 Å². The van der Waals surface area contributed by atoms with Crippen LogP contribution in [0.4, 0.5) is 11.6 Å². The van der Waals surface area contributed by atoms with E-state index in [4.69, 9.17) is 16.3 Å². The van der Waals surface area contributed by atoms with Gasteiger partial charge in [0.2, 0.25) is 11.9 Å². The van der Waals surface area contributed by atoms with Crippen LogP contribution in [0, 0.1) is 6.92 Å². The van der Waals surface area contributed by atoms with Crippen molar-refractivity contribution < 1.29 is 9.53 Å². The number of hydrogen-bond donors (Lipinski definition) is 2. The second-order valence-corrected chi connectivity index (χ2v) is 8.29. The molecule has 2 aromatic heterocycles. The summed E-state index contributed by atoms with van der Waals surface area (Å²) in [6.45, 7) is 4.98. The van der Waals surface area contributed by atoms with Gasteiger partial charge in [-0.2, -0.15) is 5.10 Å². The summed E-state index contributed by atoms with van der Waals surface area (Å²) in [4.78, 5) is 36.8. The summed E-state index contributed by atoms with van der Waals surface area (Å²) >= 11 is 5.84. The third kappa shape index (κ3) is 5.31. The lowest BCUT2D eigenvalue weighted by atomic mass is 10.1. The summed E-state index contributed by atoms with van der Waals surface area (Å²) < 4.78 is 6.06. The standard InChI is InChI=1S/C20H26ClN7O3/c1-13-17(12-25-26-19(13)30)22-11-16-3-2-15(31-16)8-18(29)27-4-6-28(7-5-27)20-23-9-14(21)10-24-20/h9-10,12,15-16H,2-8,11H2,1H3,(H2,22,26,30)/t15-,16-/m0/s1. The number of aromatic amines is 1. The van der Waals surface area contributed by atoms with Gasteiger partial charge in [0.15, 0.2) is 0 Å². The summed E-state index contributed by atoms with van der Waals surface area (Å²) in [6.07, 6.45) is 6.81. The average Bonchev–Trinajstić information content (AvgIpc) is 3.22. The van der Waals surface area contributed by atoms with Crippen LogP contribution in [0.3, 0.4) is 0 Å². The Hall–Kier alpha value is -2.72. The van der Waals surface area contributed by atoms with Crippen LogP contribution in [-0.2, 0) is 9.53 Å². The van der Waals surface area contributed by atoms with E-state index in [1.807, 2.05) is 4.90 Å². The van der Waals surface area contributed by atoms with E-state index in [2.05, 4.69) is 30.4 Å². The highest BCUT2D eigenvalue weighted by atomic mass is 35.5. The van der Waals surface area contributed by atoms with E-state index < -0.39 is 0 Å². The van der Waals surface area contributed by atoms with Gasteiger partial charge >= 0.3 is 0 Å². The van der Waals surface area contributed by atoms with Crippen molar-refractivity contribution in [3.63, 3.8) is 0 Å². The maximum Gasteiger partial charge on any atom is 0.269 e. The predicted octanol–water partition coefficient (Wildman–Crippen LogP) is 1.22. The second-order valence-electron chi connectivity index (χ2n) is 7.85. The number of amides is 1. The van der Waals surface area contributed by atoms with E-state index in [1.54, 1.807) is 25.5 Å². The van der Waals surface area contributed by atoms with Crippen molar-refractivity contribution in [1.29, 1.82) is 0 Å². The van der Waals surface area contributed by atoms with Crippen molar-refractivity contribution in [2.75, 3.05) is 42.9 Å². The Kier molecular flexibility index (Phi) is 6.67. The first-order chi connectivity index (χ1) is 15.0. The maximum absolute atomic E-state index is 12.7. The minimum atomic E-state index is -0.205. The lowest BCUT2D eigenvalue weighted by Crippen LogP contribution is -2.49. The van der Waals surface area contributed by atoms with Gasteiger partial charge in [-0.25, -0.2) is 15.1 Å². The third-order valence-corrected chi connectivity index (χ3v) is 5.94. The highest BCUT2D eigenvalue weighted by Crippen LogP contribution is 2.24. The van der Waals surface area contributed by atoms with Crippen molar-refractivity contribution in [2.24, 2.45) is 0 Å². The molecule has 0 aromatic carbocycles. The molecule has 0 unspecified atom stereocenters. The van der Waals surface area contributed by atoms with Crippen molar-refractivity contribution in [3.05, 3.63) is 39.5 Å². The molecule has 10 nitrogen and oxygen atoms in total. The Morgan fingerprint density at radius 2 is 1.90 bits per heavy atom. The molecule has 4 heterocycles. The first kappa shape index (κ1) is 21.5. The number of nitrogens with one attached hydrogen (secondary N) is 2. The molecule has 2 aromatic rings. The Bertz CT molecular complexity index is 960. The maximum atomic E-state index is 12.7. The van der Waals surface area contributed by atoms with E-state index in [-0.39, 0.29) is 23.7 Å². The van der Waals surface area contributed by atoms with Gasteiger partial charge in [-0.15, -0.1) is 0 Å². The Labute approximate surface area is 185 Å². The zero-order valence-corrected chi connectivity index (χ0v) is 18.1. The number of anilines is 2. The molecule has 11 heteroatoms. The first-order valence-electron chi connectivity index (χ1n) is 10.4. The Morgan fingerprint density at radius 1 is 1.19 bits per heavy atom. The Balaban J connectivity index is 1.20. The van der Waals surface area contributed by atoms with Crippen molar-refractivity contribution in [1.82, 2.24) is 25.1 Å². The molecule has 0 spiro atoms. The number of halogens is 1. The number of H-pyrrole nitrogens is 1. The van der Waals surface area contributed by atoms with E-state index in [0.29, 0.717) is 61.4 Å². The van der Waals surface area contributed by atoms with Gasteiger partial charge in [0.05, 0.1) is 47.9 Å². The lowest BCUT2D eigenvalue weighted by molar-refractivity contribution is -0.134. The highest BCUT2D eigenvalue weighted by molar-refractivity contribution is 6.30. The molecule has 2 atom stereocenters. The molecule has 31 heavy (non-hydrogen) atoms. The van der Waals surface area contributed by atoms with Gasteiger partial charge in [-0.3, -0.25) is 9.59 Å². The lowest BCUT2D eigenvalue weighted by Gasteiger charge is -2.35. The van der Waals surface area contributed by atoms with Crippen LogP contribution in [0.25, 0.3) is 0 Å². The molecule has 0 saturated carbocycles. The minimum absolute atomic E-state index is 0.00962. The fraction of sp³-hybridized carbons (Fsp3) is 0.550. The van der Waals surface area contributed by atoms with E-state index in [9.17, 15) is 9.59 Å². The van der Waals surface area contributed by atoms with Gasteiger partial charge in [-0.05, 0) is 19.8 Å². The SMILES string of the molecule is Cc1c(NC[C@@H]2CC[C@@H](CC(=O)N3CCN(c4ncc(Cl)cn4)CC3)O2)cn[nH]c1=O. The fourth-order valence-electron chi connectivity index (χ4n) is 3.89. The van der Waals surface area contributed by atoms with Gasteiger partial charge < -0.3 is 19.9 Å². The van der Waals surface area contributed by atoms with Crippen molar-refractivity contribution in [3.8, 4) is 0 Å². The molecule has 2 fully saturated rings. The zero-order chi connectivity index (χ0) is 21.8. The molecule has 4 rings (SSSR count). The number of ether oxygens (including phenoxy) is 1. The van der Waals surface area contributed by atoms with Crippen LogP contribution in [-0.4, -0.2) is 75.9 Å². The Morgan fingerprint density at radius 3 is 2.65 bits per heavy atom. The van der Waals surface area contributed by atoms with Crippen LogP contribution >= 0.6 is 11.6 Å². The van der Waals surface area contributed by atoms with Gasteiger partial charge in [0, 0.05) is 38.3 Å². The minimum Gasteiger partial charge on any atom is -0.381 e. The number of aromatic nitrogens is 4. The molecule has 1 amide bonds. The van der Waals surface area contributed by atoms with Gasteiger partial charge in [0.25, 0.3) is 5.56 Å². The smallest absolute Gasteiger partial charge is 0.269 e. The summed E-state index contributed by atoms with van der Waals surface area (Å²) in [7, 11) is 0. The molecule has 2 N–H and O–H groups in total. The fourth-order valence-corrected chi connectivity index (χ4v) is 3.99. The molecule has 2 aliphatic rings. The van der Waals surface area contributed by atoms with E-state index >= 15 is 0 Å². The quantitative estimate of drug-likeness (QED) is 0.679. The molecule has 2 saturated heterocycles. The summed E-state index contributed by atoms with van der Waals surface area (Å²) in [6, 6.07) is 0. The molecule has 0 aliphatic carbocycles. The normalized spacial score (nSPS) is 21.4. The topological polar surface area (TPSA) is 116 Å². The second kappa shape index (κ2) is 9.61. The van der Waals surface area contributed by atoms with Crippen LogP contribution in [0.2, 0.25) is 5.02 Å². The molecule has 2 aliphatic heterocycles. The number of hydrogen-bond acceptors (Lipinski definition) is 8. The van der Waals surface area contributed by atoms with Crippen molar-refractivity contribution >= 4 is 29.1 Å². The number of nitrogens with zero attached hydrogens (tertiary/aromatic N) is 5. The van der Waals surface area contributed by atoms with E-state index in [0.717, 1.165) is 12.8 Å². The monoisotopic (exact) mass is 447 g/mol. The average molecular weight is 448 g/mol. The first-order valence-corrected chi connectivity index (χ1v) is 10.8. The molecule has 0 bridgehead atoms. The van der Waals surface area contributed by atoms with Crippen LogP contribution in [0.1, 0.15) is 24.8 Å². The summed E-state index contributed by atoms with van der Waals surface area (Å²) in [5.74, 6) is 0.752. The van der Waals surface area contributed by atoms with Crippen LogP contribution < -0.4 is 15.8 Å². The summed E-state index contributed by atoms with van der Waals surface area (Å²) in [5, 5.41) is 9.96. The van der Waals surface area contributed by atoms with E-state index in [1.165, 1.54) is 0 Å².